The Kier molecular flexibility index (Phi) is 6.13. The molecule has 1 aromatic carbocycles. The molecular weight excluding hydrogens is 391 g/mol. The van der Waals surface area contributed by atoms with Gasteiger partial charge in [0, 0.05) is 0 Å². The molecule has 0 aliphatic rings. The van der Waals surface area contributed by atoms with Gasteiger partial charge in [0.2, 0.25) is 0 Å². The fourth-order valence-electron chi connectivity index (χ4n) is 2.23. The zero-order chi connectivity index (χ0) is 18.6. The molecule has 0 aliphatic carbocycles. The molecule has 0 spiro atoms. The van der Waals surface area contributed by atoms with Crippen molar-refractivity contribution in [1.82, 2.24) is 10.3 Å². The molecular formula is C18H20BrFN2O3. The van der Waals surface area contributed by atoms with Crippen molar-refractivity contribution in [2.45, 2.75) is 38.5 Å². The first-order valence-electron chi connectivity index (χ1n) is 7.72. The first kappa shape index (κ1) is 19.3. The van der Waals surface area contributed by atoms with Crippen molar-refractivity contribution < 1.29 is 19.0 Å². The molecule has 0 unspecified atom stereocenters. The van der Waals surface area contributed by atoms with Crippen molar-refractivity contribution in [3.63, 3.8) is 0 Å². The zero-order valence-corrected chi connectivity index (χ0v) is 15.7. The lowest BCUT2D eigenvalue weighted by atomic mass is 9.99. The zero-order valence-electron chi connectivity index (χ0n) is 14.2. The minimum absolute atomic E-state index is 0.0865. The Morgan fingerprint density at radius 2 is 1.88 bits per heavy atom. The molecule has 0 saturated heterocycles. The van der Waals surface area contributed by atoms with E-state index in [-0.39, 0.29) is 5.69 Å². The van der Waals surface area contributed by atoms with Gasteiger partial charge in [-0.1, -0.05) is 30.3 Å². The lowest BCUT2D eigenvalue weighted by Crippen LogP contribution is -2.38. The van der Waals surface area contributed by atoms with E-state index in [2.05, 4.69) is 26.2 Å². The number of alkyl carbamates (subject to hydrolysis) is 1. The second-order valence-electron chi connectivity index (χ2n) is 6.48. The highest BCUT2D eigenvalue weighted by Crippen LogP contribution is 2.30. The highest BCUT2D eigenvalue weighted by Gasteiger charge is 2.30. The van der Waals surface area contributed by atoms with E-state index >= 15 is 0 Å². The monoisotopic (exact) mass is 410 g/mol. The van der Waals surface area contributed by atoms with Gasteiger partial charge in [0.25, 0.3) is 0 Å². The topological polar surface area (TPSA) is 71.5 Å². The number of rotatable bonds is 4. The number of aliphatic hydroxyl groups is 1. The van der Waals surface area contributed by atoms with Crippen LogP contribution in [0.5, 0.6) is 0 Å². The fraction of sp³-hybridized carbons (Fsp3) is 0.333. The summed E-state index contributed by atoms with van der Waals surface area (Å²) in [4.78, 5) is 16.2. The van der Waals surface area contributed by atoms with Crippen molar-refractivity contribution in [2.24, 2.45) is 0 Å². The molecule has 134 valence electrons. The predicted molar refractivity (Wildman–Crippen MR) is 95.4 cm³/mol. The number of hydrogen-bond donors (Lipinski definition) is 2. The van der Waals surface area contributed by atoms with E-state index in [1.165, 1.54) is 12.1 Å². The van der Waals surface area contributed by atoms with Crippen LogP contribution in [0, 0.1) is 5.82 Å². The third-order valence-electron chi connectivity index (χ3n) is 3.26. The number of halogens is 2. The Morgan fingerprint density at radius 3 is 2.48 bits per heavy atom. The first-order chi connectivity index (χ1) is 11.7. The molecule has 2 rings (SSSR count). The molecule has 1 heterocycles. The Morgan fingerprint density at radius 1 is 1.24 bits per heavy atom. The van der Waals surface area contributed by atoms with Gasteiger partial charge < -0.3 is 15.2 Å². The van der Waals surface area contributed by atoms with Crippen molar-refractivity contribution in [2.75, 3.05) is 0 Å². The van der Waals surface area contributed by atoms with Gasteiger partial charge in [-0.25, -0.2) is 14.2 Å². The maximum atomic E-state index is 14.3. The van der Waals surface area contributed by atoms with Gasteiger partial charge in [0.15, 0.2) is 0 Å². The second kappa shape index (κ2) is 7.93. The Balaban J connectivity index is 2.37. The smallest absolute Gasteiger partial charge is 0.408 e. The van der Waals surface area contributed by atoms with Gasteiger partial charge >= 0.3 is 6.09 Å². The van der Waals surface area contributed by atoms with Crippen LogP contribution in [0.4, 0.5) is 9.18 Å². The van der Waals surface area contributed by atoms with Gasteiger partial charge in [-0.05, 0) is 54.4 Å². The molecule has 0 fully saturated rings. The predicted octanol–water partition coefficient (Wildman–Crippen LogP) is 4.28. The average molecular weight is 411 g/mol. The molecule has 1 amide bonds. The van der Waals surface area contributed by atoms with Crippen LogP contribution >= 0.6 is 15.9 Å². The summed E-state index contributed by atoms with van der Waals surface area (Å²) in [5.74, 6) is -0.640. The summed E-state index contributed by atoms with van der Waals surface area (Å²) in [6, 6.07) is 10.2. The quantitative estimate of drug-likeness (QED) is 0.737. The Bertz CT molecular complexity index is 735. The highest BCUT2D eigenvalue weighted by atomic mass is 79.9. The van der Waals surface area contributed by atoms with E-state index in [0.717, 1.165) is 0 Å². The fourth-order valence-corrected chi connectivity index (χ4v) is 2.55. The molecule has 2 aromatic rings. The summed E-state index contributed by atoms with van der Waals surface area (Å²) in [7, 11) is 0. The molecule has 25 heavy (non-hydrogen) atoms. The number of carbonyl (C=O) groups is 1. The maximum absolute atomic E-state index is 14.3. The number of hydrogen-bond acceptors (Lipinski definition) is 4. The number of nitrogens with one attached hydrogen (secondary N) is 1. The van der Waals surface area contributed by atoms with Crippen LogP contribution in [0.1, 0.15) is 44.2 Å². The van der Waals surface area contributed by atoms with Gasteiger partial charge in [-0.15, -0.1) is 0 Å². The van der Waals surface area contributed by atoms with E-state index in [9.17, 15) is 14.3 Å². The largest absolute Gasteiger partial charge is 0.444 e. The number of benzene rings is 1. The van der Waals surface area contributed by atoms with Crippen molar-refractivity contribution in [3.05, 3.63) is 64.1 Å². The number of carbonyl (C=O) groups excluding carboxylic acids is 1. The van der Waals surface area contributed by atoms with E-state index < -0.39 is 29.7 Å². The maximum Gasteiger partial charge on any atom is 0.408 e. The van der Waals surface area contributed by atoms with Crippen LogP contribution in [-0.2, 0) is 4.74 Å². The molecule has 0 bridgehead atoms. The lowest BCUT2D eigenvalue weighted by molar-refractivity contribution is 0.0412. The second-order valence-corrected chi connectivity index (χ2v) is 7.29. The molecule has 0 aliphatic heterocycles. The molecule has 5 nitrogen and oxygen atoms in total. The summed E-state index contributed by atoms with van der Waals surface area (Å²) in [6.45, 7) is 5.15. The van der Waals surface area contributed by atoms with E-state index in [4.69, 9.17) is 4.74 Å². The minimum Gasteiger partial charge on any atom is -0.444 e. The summed E-state index contributed by atoms with van der Waals surface area (Å²) in [5.41, 5.74) is -0.295. The van der Waals surface area contributed by atoms with Crippen LogP contribution in [0.15, 0.2) is 47.1 Å². The molecule has 1 aromatic heterocycles. The van der Waals surface area contributed by atoms with Crippen molar-refractivity contribution in [1.29, 1.82) is 0 Å². The Labute approximate surface area is 154 Å². The number of nitrogens with zero attached hydrogens (tertiary/aromatic N) is 1. The van der Waals surface area contributed by atoms with Crippen LogP contribution in [-0.4, -0.2) is 21.8 Å². The van der Waals surface area contributed by atoms with Crippen LogP contribution in [0.3, 0.4) is 0 Å². The highest BCUT2D eigenvalue weighted by molar-refractivity contribution is 9.10. The minimum atomic E-state index is -1.20. The summed E-state index contributed by atoms with van der Waals surface area (Å²) in [6.07, 6.45) is -1.97. The van der Waals surface area contributed by atoms with Crippen molar-refractivity contribution in [3.8, 4) is 0 Å². The standard InChI is InChI=1S/C18H20BrFN2O3/c1-18(2,3)25-17(24)22-15(14-12(20)9-10-13(19)21-14)16(23)11-7-5-4-6-8-11/h4-10,15-16,23H,1-3H3,(H,22,24)/t15-,16-/m1/s1. The third-order valence-corrected chi connectivity index (χ3v) is 3.70. The van der Waals surface area contributed by atoms with Gasteiger partial charge in [-0.2, -0.15) is 0 Å². The van der Waals surface area contributed by atoms with Gasteiger partial charge in [-0.3, -0.25) is 0 Å². The van der Waals surface area contributed by atoms with E-state index in [0.29, 0.717) is 10.2 Å². The molecule has 0 saturated carbocycles. The van der Waals surface area contributed by atoms with Gasteiger partial charge in [0.05, 0.1) is 0 Å². The first-order valence-corrected chi connectivity index (χ1v) is 8.51. The molecule has 2 atom stereocenters. The number of aromatic nitrogens is 1. The average Bonchev–Trinajstić information content (AvgIpc) is 2.53. The van der Waals surface area contributed by atoms with Crippen LogP contribution in [0.2, 0.25) is 0 Å². The van der Waals surface area contributed by atoms with E-state index in [1.807, 2.05) is 0 Å². The molecule has 7 heteroatoms. The summed E-state index contributed by atoms with van der Waals surface area (Å²) in [5, 5.41) is 13.2. The van der Waals surface area contributed by atoms with Crippen LogP contribution < -0.4 is 5.32 Å². The number of pyridine rings is 1. The summed E-state index contributed by atoms with van der Waals surface area (Å²) >= 11 is 3.18. The summed E-state index contributed by atoms with van der Waals surface area (Å²) < 4.78 is 19.9. The SMILES string of the molecule is CC(C)(C)OC(=O)N[C@H](c1nc(Br)ccc1F)[C@H](O)c1ccccc1. The molecule has 0 radical (unpaired) electrons. The van der Waals surface area contributed by atoms with E-state index in [1.54, 1.807) is 51.1 Å². The van der Waals surface area contributed by atoms with Gasteiger partial charge in [0.1, 0.15) is 33.9 Å². The number of amides is 1. The van der Waals surface area contributed by atoms with Crippen LogP contribution in [0.25, 0.3) is 0 Å². The Hall–Kier alpha value is -1.99. The number of aliphatic hydroxyl groups excluding tert-OH is 1. The lowest BCUT2D eigenvalue weighted by Gasteiger charge is -2.27. The molecule has 2 N–H and O–H groups in total. The normalized spacial score (nSPS) is 13.8. The number of ether oxygens (including phenoxy) is 1. The third kappa shape index (κ3) is 5.51. The van der Waals surface area contributed by atoms with Crippen molar-refractivity contribution >= 4 is 22.0 Å².